The molecule has 1 saturated heterocycles. The molecule has 1 atom stereocenters. The first-order valence-corrected chi connectivity index (χ1v) is 6.87. The molecule has 114 valence electrons. The van der Waals surface area contributed by atoms with Gasteiger partial charge in [-0.3, -0.25) is 4.57 Å². The van der Waals surface area contributed by atoms with E-state index in [4.69, 9.17) is 0 Å². The smallest absolute Gasteiger partial charge is 0.306 e. The van der Waals surface area contributed by atoms with Crippen LogP contribution in [0.2, 0.25) is 0 Å². The van der Waals surface area contributed by atoms with E-state index >= 15 is 0 Å². The average molecular weight is 299 g/mol. The number of para-hydroxylation sites is 1. The van der Waals surface area contributed by atoms with Crippen molar-refractivity contribution >= 4 is 11.0 Å². The third-order valence-corrected chi connectivity index (χ3v) is 4.01. The van der Waals surface area contributed by atoms with Gasteiger partial charge in [-0.15, -0.1) is 0 Å². The van der Waals surface area contributed by atoms with Crippen LogP contribution in [0, 0.1) is 0 Å². The normalized spacial score (nSPS) is 21.0. The Labute approximate surface area is 119 Å². The fraction of sp³-hybridized carbons (Fsp3) is 0.500. The van der Waals surface area contributed by atoms with E-state index in [1.54, 1.807) is 0 Å². The van der Waals surface area contributed by atoms with Gasteiger partial charge >= 0.3 is 11.9 Å². The minimum absolute atomic E-state index is 0.0321. The minimum atomic E-state index is -4.48. The monoisotopic (exact) mass is 299 g/mol. The molecule has 21 heavy (non-hydrogen) atoms. The molecule has 0 amide bonds. The van der Waals surface area contributed by atoms with E-state index in [0.29, 0.717) is 13.0 Å². The summed E-state index contributed by atoms with van der Waals surface area (Å²) in [6.45, 7) is 1.48. The molecular weight excluding hydrogens is 283 g/mol. The molecule has 0 spiro atoms. The predicted molar refractivity (Wildman–Crippen MR) is 73.3 cm³/mol. The Bertz CT molecular complexity index is 716. The summed E-state index contributed by atoms with van der Waals surface area (Å²) in [6, 6.07) is 3.63. The van der Waals surface area contributed by atoms with Crippen LogP contribution in [0.15, 0.2) is 23.0 Å². The second-order valence-electron chi connectivity index (χ2n) is 5.56. The number of nitrogens with zero attached hydrogens (tertiary/aromatic N) is 2. The van der Waals surface area contributed by atoms with E-state index < -0.39 is 17.4 Å². The summed E-state index contributed by atoms with van der Waals surface area (Å²) in [5.74, 6) is 0. The first-order valence-electron chi connectivity index (χ1n) is 6.87. The third-order valence-electron chi connectivity index (χ3n) is 4.01. The van der Waals surface area contributed by atoms with Gasteiger partial charge in [0, 0.05) is 6.54 Å². The van der Waals surface area contributed by atoms with Crippen LogP contribution in [-0.2, 0) is 6.18 Å². The highest BCUT2D eigenvalue weighted by Gasteiger charge is 2.35. The number of imidazole rings is 1. The maximum Gasteiger partial charge on any atom is 0.418 e. The number of benzene rings is 1. The number of nitrogens with one attached hydrogen (secondary N) is 1. The number of H-pyrrole nitrogens is 1. The van der Waals surface area contributed by atoms with E-state index in [1.165, 1.54) is 16.7 Å². The molecule has 2 aromatic rings. The lowest BCUT2D eigenvalue weighted by Gasteiger charge is -2.30. The van der Waals surface area contributed by atoms with Crippen molar-refractivity contribution < 1.29 is 13.2 Å². The number of rotatable bonds is 1. The number of fused-ring (bicyclic) bond motifs is 1. The summed E-state index contributed by atoms with van der Waals surface area (Å²) in [5.41, 5.74) is -1.02. The molecule has 0 saturated carbocycles. The summed E-state index contributed by atoms with van der Waals surface area (Å²) in [7, 11) is 1.91. The molecule has 1 fully saturated rings. The zero-order valence-electron chi connectivity index (χ0n) is 11.6. The standard InChI is InChI=1S/C14H16F3N3O/c1-19-7-3-4-9(8-19)20-12-10(14(15,16)17)5-2-6-11(12)18-13(20)21/h2,5-6,9H,3-4,7-8H2,1H3,(H,18,21). The van der Waals surface area contributed by atoms with Gasteiger partial charge in [0.15, 0.2) is 0 Å². The van der Waals surface area contributed by atoms with Crippen LogP contribution >= 0.6 is 0 Å². The molecule has 0 bridgehead atoms. The zero-order chi connectivity index (χ0) is 15.2. The molecule has 3 rings (SSSR count). The van der Waals surface area contributed by atoms with Crippen LogP contribution in [-0.4, -0.2) is 34.6 Å². The van der Waals surface area contributed by atoms with Gasteiger partial charge in [-0.2, -0.15) is 13.2 Å². The quantitative estimate of drug-likeness (QED) is 0.879. The molecule has 1 unspecified atom stereocenters. The van der Waals surface area contributed by atoms with Crippen LogP contribution in [0.3, 0.4) is 0 Å². The third kappa shape index (κ3) is 2.46. The molecule has 0 radical (unpaired) electrons. The van der Waals surface area contributed by atoms with Crippen LogP contribution in [0.4, 0.5) is 13.2 Å². The average Bonchev–Trinajstić information content (AvgIpc) is 2.73. The van der Waals surface area contributed by atoms with Crippen molar-refractivity contribution in [2.45, 2.75) is 25.1 Å². The Morgan fingerprint density at radius 2 is 2.10 bits per heavy atom. The van der Waals surface area contributed by atoms with Crippen molar-refractivity contribution in [1.29, 1.82) is 0 Å². The molecule has 1 aliphatic heterocycles. The number of hydrogen-bond acceptors (Lipinski definition) is 2. The van der Waals surface area contributed by atoms with Crippen LogP contribution < -0.4 is 5.69 Å². The van der Waals surface area contributed by atoms with Gasteiger partial charge in [-0.25, -0.2) is 4.79 Å². The van der Waals surface area contributed by atoms with Gasteiger partial charge in [0.1, 0.15) is 0 Å². The van der Waals surface area contributed by atoms with E-state index in [0.717, 1.165) is 19.0 Å². The number of aromatic amines is 1. The SMILES string of the molecule is CN1CCCC(n2c(=O)[nH]c3cccc(C(F)(F)F)c32)C1. The first-order chi connectivity index (χ1) is 9.88. The largest absolute Gasteiger partial charge is 0.418 e. The number of likely N-dealkylation sites (N-methyl/N-ethyl adjacent to an activating group) is 1. The van der Waals surface area contributed by atoms with Crippen molar-refractivity contribution in [3.05, 3.63) is 34.2 Å². The lowest BCUT2D eigenvalue weighted by Crippen LogP contribution is -2.37. The molecule has 1 aromatic heterocycles. The minimum Gasteiger partial charge on any atom is -0.306 e. The molecule has 4 nitrogen and oxygen atoms in total. The first kappa shape index (κ1) is 14.2. The topological polar surface area (TPSA) is 41.0 Å². The number of likely N-dealkylation sites (tertiary alicyclic amines) is 1. The van der Waals surface area contributed by atoms with Crippen LogP contribution in [0.5, 0.6) is 0 Å². The number of hydrogen-bond donors (Lipinski definition) is 1. The Kier molecular flexibility index (Phi) is 3.32. The van der Waals surface area contributed by atoms with E-state index in [2.05, 4.69) is 4.98 Å². The molecule has 1 aliphatic rings. The number of halogens is 3. The van der Waals surface area contributed by atoms with Crippen LogP contribution in [0.1, 0.15) is 24.4 Å². The molecular formula is C14H16F3N3O. The summed E-state index contributed by atoms with van der Waals surface area (Å²) < 4.78 is 40.9. The highest BCUT2D eigenvalue weighted by molar-refractivity contribution is 5.79. The molecule has 7 heteroatoms. The summed E-state index contributed by atoms with van der Waals surface area (Å²) in [5, 5.41) is 0. The highest BCUT2D eigenvalue weighted by atomic mass is 19.4. The molecule has 1 aromatic carbocycles. The predicted octanol–water partition coefficient (Wildman–Crippen LogP) is 2.62. The van der Waals surface area contributed by atoms with Gasteiger partial charge < -0.3 is 9.88 Å². The number of aromatic nitrogens is 2. The lowest BCUT2D eigenvalue weighted by molar-refractivity contribution is -0.136. The Morgan fingerprint density at radius 3 is 2.76 bits per heavy atom. The summed E-state index contributed by atoms with van der Waals surface area (Å²) in [4.78, 5) is 16.7. The van der Waals surface area contributed by atoms with E-state index in [1.807, 2.05) is 11.9 Å². The summed E-state index contributed by atoms with van der Waals surface area (Å²) >= 11 is 0. The van der Waals surface area contributed by atoms with Crippen LogP contribution in [0.25, 0.3) is 11.0 Å². The van der Waals surface area contributed by atoms with Gasteiger partial charge in [-0.1, -0.05) is 6.07 Å². The van der Waals surface area contributed by atoms with Gasteiger partial charge in [0.2, 0.25) is 0 Å². The maximum atomic E-state index is 13.2. The van der Waals surface area contributed by atoms with E-state index in [-0.39, 0.29) is 17.1 Å². The van der Waals surface area contributed by atoms with Crippen molar-refractivity contribution in [2.75, 3.05) is 20.1 Å². The van der Waals surface area contributed by atoms with Gasteiger partial charge in [0.25, 0.3) is 0 Å². The second kappa shape index (κ2) is 4.91. The Hall–Kier alpha value is -1.76. The van der Waals surface area contributed by atoms with Crippen molar-refractivity contribution in [1.82, 2.24) is 14.5 Å². The second-order valence-corrected chi connectivity index (χ2v) is 5.56. The lowest BCUT2D eigenvalue weighted by atomic mass is 10.1. The van der Waals surface area contributed by atoms with Gasteiger partial charge in [-0.05, 0) is 38.6 Å². The highest BCUT2D eigenvalue weighted by Crippen LogP contribution is 2.35. The summed E-state index contributed by atoms with van der Waals surface area (Å²) in [6.07, 6.45) is -2.89. The Morgan fingerprint density at radius 1 is 1.33 bits per heavy atom. The van der Waals surface area contributed by atoms with Crippen molar-refractivity contribution in [3.8, 4) is 0 Å². The Balaban J connectivity index is 2.22. The molecule has 1 N–H and O–H groups in total. The fourth-order valence-corrected chi connectivity index (χ4v) is 3.11. The fourth-order valence-electron chi connectivity index (χ4n) is 3.11. The molecule has 0 aliphatic carbocycles. The molecule has 2 heterocycles. The number of alkyl halides is 3. The maximum absolute atomic E-state index is 13.2. The number of piperidine rings is 1. The van der Waals surface area contributed by atoms with Gasteiger partial charge in [0.05, 0.1) is 22.6 Å². The van der Waals surface area contributed by atoms with E-state index in [9.17, 15) is 18.0 Å². The van der Waals surface area contributed by atoms with Crippen molar-refractivity contribution in [3.63, 3.8) is 0 Å². The van der Waals surface area contributed by atoms with Crippen molar-refractivity contribution in [2.24, 2.45) is 0 Å². The zero-order valence-corrected chi connectivity index (χ0v) is 11.6.